The van der Waals surface area contributed by atoms with Crippen LogP contribution in [0.25, 0.3) is 0 Å². The third kappa shape index (κ3) is 4.85. The first-order valence-electron chi connectivity index (χ1n) is 7.20. The van der Waals surface area contributed by atoms with Crippen LogP contribution in [0, 0.1) is 0 Å². The van der Waals surface area contributed by atoms with E-state index in [4.69, 9.17) is 16.3 Å². The summed E-state index contributed by atoms with van der Waals surface area (Å²) in [5.41, 5.74) is 0.579. The minimum atomic E-state index is -0.497. The number of rotatable bonds is 4. The molecular formula is C15H18ClN3O4. The lowest BCUT2D eigenvalue weighted by molar-refractivity contribution is -0.119. The fourth-order valence-electron chi connectivity index (χ4n) is 2.08. The zero-order valence-corrected chi connectivity index (χ0v) is 13.6. The molecule has 0 unspecified atom stereocenters. The highest BCUT2D eigenvalue weighted by atomic mass is 35.5. The van der Waals surface area contributed by atoms with Gasteiger partial charge in [-0.3, -0.25) is 4.79 Å². The molecular weight excluding hydrogens is 322 g/mol. The number of ether oxygens (including phenoxy) is 1. The first kappa shape index (κ1) is 17.1. The second-order valence-electron chi connectivity index (χ2n) is 5.45. The molecule has 0 aliphatic carbocycles. The monoisotopic (exact) mass is 339 g/mol. The number of urea groups is 1. The number of halogens is 1. The van der Waals surface area contributed by atoms with Gasteiger partial charge in [0, 0.05) is 13.0 Å². The number of benzene rings is 1. The van der Waals surface area contributed by atoms with Crippen LogP contribution in [-0.2, 0) is 9.53 Å². The number of carbonyl (C=O) groups excluding carboxylic acids is 3. The van der Waals surface area contributed by atoms with Gasteiger partial charge in [-0.1, -0.05) is 11.6 Å². The Labute approximate surface area is 138 Å². The number of esters is 1. The summed E-state index contributed by atoms with van der Waals surface area (Å²) in [6.45, 7) is 3.88. The van der Waals surface area contributed by atoms with Gasteiger partial charge in [0.25, 0.3) is 0 Å². The van der Waals surface area contributed by atoms with Crippen LogP contribution in [0.5, 0.6) is 0 Å². The number of anilines is 1. The van der Waals surface area contributed by atoms with Crippen molar-refractivity contribution < 1.29 is 19.1 Å². The van der Waals surface area contributed by atoms with Crippen molar-refractivity contribution in [2.45, 2.75) is 32.4 Å². The molecule has 0 bridgehead atoms. The second kappa shape index (κ2) is 7.32. The SMILES string of the molecule is CC(C)OC(=O)c1ccc(Cl)c(NC(=O)N[C@H]2CNC(=O)C2)c1. The van der Waals surface area contributed by atoms with Crippen molar-refractivity contribution in [3.63, 3.8) is 0 Å². The number of hydrogen-bond donors (Lipinski definition) is 3. The van der Waals surface area contributed by atoms with Gasteiger partial charge in [0.15, 0.2) is 0 Å². The van der Waals surface area contributed by atoms with Crippen LogP contribution in [0.2, 0.25) is 5.02 Å². The molecule has 23 heavy (non-hydrogen) atoms. The number of nitrogens with one attached hydrogen (secondary N) is 3. The molecule has 124 valence electrons. The van der Waals surface area contributed by atoms with Crippen molar-refractivity contribution in [1.82, 2.24) is 10.6 Å². The Hall–Kier alpha value is -2.28. The molecule has 0 spiro atoms. The fourth-order valence-corrected chi connectivity index (χ4v) is 2.25. The van der Waals surface area contributed by atoms with E-state index in [-0.39, 0.29) is 30.0 Å². The Morgan fingerprint density at radius 1 is 1.39 bits per heavy atom. The van der Waals surface area contributed by atoms with Gasteiger partial charge in [-0.2, -0.15) is 0 Å². The van der Waals surface area contributed by atoms with Crippen LogP contribution in [-0.4, -0.2) is 36.6 Å². The lowest BCUT2D eigenvalue weighted by atomic mass is 10.2. The molecule has 1 atom stereocenters. The Kier molecular flexibility index (Phi) is 5.44. The molecule has 1 aliphatic rings. The maximum absolute atomic E-state index is 12.0. The van der Waals surface area contributed by atoms with Crippen molar-refractivity contribution in [2.75, 3.05) is 11.9 Å². The molecule has 0 aromatic heterocycles. The highest BCUT2D eigenvalue weighted by Crippen LogP contribution is 2.23. The Bertz CT molecular complexity index is 633. The first-order valence-corrected chi connectivity index (χ1v) is 7.57. The summed E-state index contributed by atoms with van der Waals surface area (Å²) < 4.78 is 5.10. The molecule has 2 rings (SSSR count). The van der Waals surface area contributed by atoms with Crippen LogP contribution < -0.4 is 16.0 Å². The Balaban J connectivity index is 2.02. The summed E-state index contributed by atoms with van der Waals surface area (Å²) in [5.74, 6) is -0.600. The predicted octanol–water partition coefficient (Wildman–Crippen LogP) is 1.92. The molecule has 1 aliphatic heterocycles. The summed E-state index contributed by atoms with van der Waals surface area (Å²) in [6.07, 6.45) is -0.00710. The standard InChI is InChI=1S/C15H18ClN3O4/c1-8(2)23-14(21)9-3-4-11(16)12(5-9)19-15(22)18-10-6-13(20)17-7-10/h3-5,8,10H,6-7H2,1-2H3,(H,17,20)(H2,18,19,22)/t10-/m1/s1. The number of hydrogen-bond acceptors (Lipinski definition) is 4. The smallest absolute Gasteiger partial charge is 0.338 e. The van der Waals surface area contributed by atoms with E-state index < -0.39 is 12.0 Å². The molecule has 1 aromatic rings. The molecule has 1 fully saturated rings. The average Bonchev–Trinajstić information content (AvgIpc) is 2.85. The quantitative estimate of drug-likeness (QED) is 0.730. The topological polar surface area (TPSA) is 96.5 Å². The van der Waals surface area contributed by atoms with Crippen molar-refractivity contribution in [3.8, 4) is 0 Å². The third-order valence-corrected chi connectivity index (χ3v) is 3.44. The molecule has 3 N–H and O–H groups in total. The van der Waals surface area contributed by atoms with E-state index in [1.807, 2.05) is 0 Å². The Morgan fingerprint density at radius 2 is 2.13 bits per heavy atom. The molecule has 3 amide bonds. The van der Waals surface area contributed by atoms with Crippen LogP contribution in [0.1, 0.15) is 30.6 Å². The van der Waals surface area contributed by atoms with Crippen molar-refractivity contribution >= 4 is 35.2 Å². The summed E-state index contributed by atoms with van der Waals surface area (Å²) in [6, 6.07) is 3.72. The lowest BCUT2D eigenvalue weighted by Crippen LogP contribution is -2.39. The molecule has 0 saturated carbocycles. The number of amides is 3. The van der Waals surface area contributed by atoms with Crippen molar-refractivity contribution in [3.05, 3.63) is 28.8 Å². The maximum Gasteiger partial charge on any atom is 0.338 e. The fraction of sp³-hybridized carbons (Fsp3) is 0.400. The molecule has 1 saturated heterocycles. The average molecular weight is 340 g/mol. The zero-order valence-electron chi connectivity index (χ0n) is 12.8. The van der Waals surface area contributed by atoms with Crippen molar-refractivity contribution in [1.29, 1.82) is 0 Å². The number of carbonyl (C=O) groups is 3. The summed E-state index contributed by atoms with van der Waals surface area (Å²) >= 11 is 6.03. The van der Waals surface area contributed by atoms with Gasteiger partial charge in [0.05, 0.1) is 28.4 Å². The molecule has 0 radical (unpaired) electrons. The van der Waals surface area contributed by atoms with E-state index in [1.165, 1.54) is 18.2 Å². The van der Waals surface area contributed by atoms with Gasteiger partial charge in [0.1, 0.15) is 0 Å². The van der Waals surface area contributed by atoms with Gasteiger partial charge in [0.2, 0.25) is 5.91 Å². The summed E-state index contributed by atoms with van der Waals surface area (Å²) in [4.78, 5) is 34.9. The van der Waals surface area contributed by atoms with Crippen LogP contribution in [0.3, 0.4) is 0 Å². The largest absolute Gasteiger partial charge is 0.459 e. The van der Waals surface area contributed by atoms with Gasteiger partial charge < -0.3 is 20.7 Å². The van der Waals surface area contributed by atoms with E-state index in [2.05, 4.69) is 16.0 Å². The third-order valence-electron chi connectivity index (χ3n) is 3.11. The van der Waals surface area contributed by atoms with E-state index in [1.54, 1.807) is 13.8 Å². The zero-order chi connectivity index (χ0) is 17.0. The summed E-state index contributed by atoms with van der Waals surface area (Å²) in [5, 5.41) is 8.15. The molecule has 7 nitrogen and oxygen atoms in total. The van der Waals surface area contributed by atoms with Gasteiger partial charge >= 0.3 is 12.0 Å². The normalized spacial score (nSPS) is 16.9. The van der Waals surface area contributed by atoms with Crippen LogP contribution in [0.4, 0.5) is 10.5 Å². The van der Waals surface area contributed by atoms with Crippen LogP contribution in [0.15, 0.2) is 18.2 Å². The second-order valence-corrected chi connectivity index (χ2v) is 5.86. The predicted molar refractivity (Wildman–Crippen MR) is 85.6 cm³/mol. The minimum absolute atomic E-state index is 0.105. The molecule has 8 heteroatoms. The molecule has 1 heterocycles. The van der Waals surface area contributed by atoms with Crippen LogP contribution >= 0.6 is 11.6 Å². The lowest BCUT2D eigenvalue weighted by Gasteiger charge is -2.14. The van der Waals surface area contributed by atoms with E-state index in [0.29, 0.717) is 17.3 Å². The van der Waals surface area contributed by atoms with E-state index in [9.17, 15) is 14.4 Å². The highest BCUT2D eigenvalue weighted by molar-refractivity contribution is 6.33. The Morgan fingerprint density at radius 3 is 2.74 bits per heavy atom. The minimum Gasteiger partial charge on any atom is -0.459 e. The van der Waals surface area contributed by atoms with Gasteiger partial charge in [-0.15, -0.1) is 0 Å². The maximum atomic E-state index is 12.0. The molecule has 1 aromatic carbocycles. The highest BCUT2D eigenvalue weighted by Gasteiger charge is 2.23. The van der Waals surface area contributed by atoms with E-state index >= 15 is 0 Å². The van der Waals surface area contributed by atoms with Gasteiger partial charge in [-0.05, 0) is 32.0 Å². The van der Waals surface area contributed by atoms with E-state index in [0.717, 1.165) is 0 Å². The van der Waals surface area contributed by atoms with Crippen molar-refractivity contribution in [2.24, 2.45) is 0 Å². The first-order chi connectivity index (χ1) is 10.8. The van der Waals surface area contributed by atoms with Gasteiger partial charge in [-0.25, -0.2) is 9.59 Å². The summed E-state index contributed by atoms with van der Waals surface area (Å²) in [7, 11) is 0.